The second kappa shape index (κ2) is 11.3. The zero-order chi connectivity index (χ0) is 22.0. The number of aromatic nitrogens is 1. The van der Waals surface area contributed by atoms with E-state index < -0.39 is 0 Å². The van der Waals surface area contributed by atoms with E-state index >= 15 is 0 Å². The van der Waals surface area contributed by atoms with E-state index in [1.807, 2.05) is 54.6 Å². The number of amides is 1. The average molecular weight is 431 g/mol. The van der Waals surface area contributed by atoms with Crippen LogP contribution in [-0.2, 0) is 24.4 Å². The van der Waals surface area contributed by atoms with Crippen LogP contribution in [0.5, 0.6) is 11.5 Å². The van der Waals surface area contributed by atoms with Crippen LogP contribution in [0.15, 0.2) is 72.9 Å². The van der Waals surface area contributed by atoms with Crippen LogP contribution in [-0.4, -0.2) is 17.0 Å². The van der Waals surface area contributed by atoms with E-state index in [0.717, 1.165) is 41.2 Å². The summed E-state index contributed by atoms with van der Waals surface area (Å²) in [6.45, 7) is 0.893. The predicted octanol–water partition coefficient (Wildman–Crippen LogP) is 5.23. The van der Waals surface area contributed by atoms with Gasteiger partial charge in [0, 0.05) is 19.2 Å². The van der Waals surface area contributed by atoms with E-state index in [1.54, 1.807) is 6.20 Å². The summed E-state index contributed by atoms with van der Waals surface area (Å²) in [6.07, 6.45) is 8.03. The van der Waals surface area contributed by atoms with Crippen LogP contribution < -0.4 is 14.8 Å². The van der Waals surface area contributed by atoms with Crippen LogP contribution >= 0.6 is 0 Å². The molecule has 1 aliphatic carbocycles. The molecule has 166 valence electrons. The molecule has 1 aromatic heterocycles. The maximum Gasteiger partial charge on any atom is 0.220 e. The van der Waals surface area contributed by atoms with E-state index in [1.165, 1.54) is 12.8 Å². The molecule has 1 amide bonds. The molecule has 0 atom stereocenters. The summed E-state index contributed by atoms with van der Waals surface area (Å²) >= 11 is 0. The van der Waals surface area contributed by atoms with Gasteiger partial charge in [0.25, 0.3) is 0 Å². The van der Waals surface area contributed by atoms with Crippen molar-refractivity contribution >= 4 is 5.91 Å². The van der Waals surface area contributed by atoms with Crippen molar-refractivity contribution in [3.8, 4) is 11.5 Å². The molecule has 1 saturated carbocycles. The Hall–Kier alpha value is -3.34. The molecule has 0 spiro atoms. The Balaban J connectivity index is 1.21. The van der Waals surface area contributed by atoms with Crippen LogP contribution in [0.1, 0.15) is 48.9 Å². The summed E-state index contributed by atoms with van der Waals surface area (Å²) < 4.78 is 11.9. The summed E-state index contributed by atoms with van der Waals surface area (Å²) in [5.41, 5.74) is 3.01. The van der Waals surface area contributed by atoms with Gasteiger partial charge < -0.3 is 14.8 Å². The normalized spacial score (nSPS) is 13.6. The summed E-state index contributed by atoms with van der Waals surface area (Å²) in [5.74, 6) is 1.71. The molecule has 1 heterocycles. The maximum absolute atomic E-state index is 12.4. The molecule has 5 nitrogen and oxygen atoms in total. The average Bonchev–Trinajstić information content (AvgIpc) is 3.34. The fraction of sp³-hybridized carbons (Fsp3) is 0.333. The largest absolute Gasteiger partial charge is 0.490 e. The topological polar surface area (TPSA) is 60.5 Å². The van der Waals surface area contributed by atoms with Crippen LogP contribution in [0, 0.1) is 0 Å². The summed E-state index contributed by atoms with van der Waals surface area (Å²) in [4.78, 5) is 16.6. The first-order chi connectivity index (χ1) is 15.7. The van der Waals surface area contributed by atoms with Gasteiger partial charge in [0.05, 0.1) is 11.8 Å². The van der Waals surface area contributed by atoms with E-state index in [9.17, 15) is 4.79 Å². The molecule has 32 heavy (non-hydrogen) atoms. The molecular weight excluding hydrogens is 400 g/mol. The minimum Gasteiger partial charge on any atom is -0.490 e. The standard InChI is InChI=1S/C27H30N2O3/c30-27(15-14-21-7-5-13-26(17-21)32-24-10-1-2-11-24)29-19-22-8-6-12-25(18-22)31-20-23-9-3-4-16-28-23/h3-9,12-13,16-18,24H,1-2,10-11,14-15,19-20H2,(H,29,30). The number of hydrogen-bond acceptors (Lipinski definition) is 4. The Morgan fingerprint density at radius 3 is 2.53 bits per heavy atom. The van der Waals surface area contributed by atoms with E-state index in [-0.39, 0.29) is 5.91 Å². The smallest absolute Gasteiger partial charge is 0.220 e. The number of carbonyl (C=O) groups excluding carboxylic acids is 1. The zero-order valence-electron chi connectivity index (χ0n) is 18.3. The number of hydrogen-bond donors (Lipinski definition) is 1. The van der Waals surface area contributed by atoms with Crippen LogP contribution in [0.4, 0.5) is 0 Å². The highest BCUT2D eigenvalue weighted by atomic mass is 16.5. The zero-order valence-corrected chi connectivity index (χ0v) is 18.3. The molecule has 0 bridgehead atoms. The monoisotopic (exact) mass is 430 g/mol. The van der Waals surface area contributed by atoms with Crippen molar-refractivity contribution in [1.29, 1.82) is 0 Å². The van der Waals surface area contributed by atoms with Crippen molar-refractivity contribution < 1.29 is 14.3 Å². The number of aryl methyl sites for hydroxylation is 1. The molecule has 5 heteroatoms. The summed E-state index contributed by atoms with van der Waals surface area (Å²) in [6, 6.07) is 21.7. The highest BCUT2D eigenvalue weighted by Gasteiger charge is 2.16. The highest BCUT2D eigenvalue weighted by Crippen LogP contribution is 2.25. The summed E-state index contributed by atoms with van der Waals surface area (Å²) in [7, 11) is 0. The third kappa shape index (κ3) is 6.84. The first-order valence-corrected chi connectivity index (χ1v) is 11.4. The fourth-order valence-electron chi connectivity index (χ4n) is 3.91. The molecule has 3 aromatic rings. The number of rotatable bonds is 10. The second-order valence-corrected chi connectivity index (χ2v) is 8.21. The van der Waals surface area contributed by atoms with Gasteiger partial charge in [-0.25, -0.2) is 0 Å². The first-order valence-electron chi connectivity index (χ1n) is 11.4. The van der Waals surface area contributed by atoms with Gasteiger partial charge in [-0.05, 0) is 79.6 Å². The molecule has 1 fully saturated rings. The third-order valence-corrected chi connectivity index (χ3v) is 5.65. The van der Waals surface area contributed by atoms with Gasteiger partial charge in [0.2, 0.25) is 5.91 Å². The lowest BCUT2D eigenvalue weighted by molar-refractivity contribution is -0.121. The van der Waals surface area contributed by atoms with Crippen LogP contribution in [0.2, 0.25) is 0 Å². The highest BCUT2D eigenvalue weighted by molar-refractivity contribution is 5.76. The lowest BCUT2D eigenvalue weighted by Crippen LogP contribution is -2.23. The van der Waals surface area contributed by atoms with Gasteiger partial charge in [-0.2, -0.15) is 0 Å². The Bertz CT molecular complexity index is 1000. The molecule has 0 aliphatic heterocycles. The van der Waals surface area contributed by atoms with Crippen molar-refractivity contribution in [3.63, 3.8) is 0 Å². The summed E-state index contributed by atoms with van der Waals surface area (Å²) in [5, 5.41) is 3.01. The Labute approximate surface area is 189 Å². The molecule has 0 saturated heterocycles. The molecule has 0 radical (unpaired) electrons. The quantitative estimate of drug-likeness (QED) is 0.478. The van der Waals surface area contributed by atoms with Crippen LogP contribution in [0.3, 0.4) is 0 Å². The number of nitrogens with one attached hydrogen (secondary N) is 1. The van der Waals surface area contributed by atoms with E-state index in [0.29, 0.717) is 32.1 Å². The molecule has 0 unspecified atom stereocenters. The molecular formula is C27H30N2O3. The number of benzene rings is 2. The van der Waals surface area contributed by atoms with Crippen molar-refractivity contribution in [2.45, 2.75) is 57.8 Å². The van der Waals surface area contributed by atoms with Crippen molar-refractivity contribution in [2.24, 2.45) is 0 Å². The van der Waals surface area contributed by atoms with Gasteiger partial charge in [-0.1, -0.05) is 30.3 Å². The number of nitrogens with zero attached hydrogens (tertiary/aromatic N) is 1. The fourth-order valence-corrected chi connectivity index (χ4v) is 3.91. The molecule has 4 rings (SSSR count). The Morgan fingerprint density at radius 1 is 0.938 bits per heavy atom. The minimum absolute atomic E-state index is 0.0342. The maximum atomic E-state index is 12.4. The first kappa shape index (κ1) is 21.9. The lowest BCUT2D eigenvalue weighted by Gasteiger charge is -2.14. The van der Waals surface area contributed by atoms with Gasteiger partial charge in [-0.3, -0.25) is 9.78 Å². The number of pyridine rings is 1. The lowest BCUT2D eigenvalue weighted by atomic mass is 10.1. The van der Waals surface area contributed by atoms with Gasteiger partial charge in [0.15, 0.2) is 0 Å². The van der Waals surface area contributed by atoms with Gasteiger partial charge >= 0.3 is 0 Å². The van der Waals surface area contributed by atoms with Crippen molar-refractivity contribution in [2.75, 3.05) is 0 Å². The predicted molar refractivity (Wildman–Crippen MR) is 125 cm³/mol. The van der Waals surface area contributed by atoms with E-state index in [4.69, 9.17) is 9.47 Å². The molecule has 1 N–H and O–H groups in total. The molecule has 1 aliphatic rings. The Kier molecular flexibility index (Phi) is 7.74. The second-order valence-electron chi connectivity index (χ2n) is 8.21. The number of ether oxygens (including phenoxy) is 2. The van der Waals surface area contributed by atoms with Crippen molar-refractivity contribution in [3.05, 3.63) is 89.7 Å². The van der Waals surface area contributed by atoms with Gasteiger partial charge in [-0.15, -0.1) is 0 Å². The van der Waals surface area contributed by atoms with E-state index in [2.05, 4.69) is 22.4 Å². The number of carbonyl (C=O) groups is 1. The van der Waals surface area contributed by atoms with Crippen molar-refractivity contribution in [1.82, 2.24) is 10.3 Å². The van der Waals surface area contributed by atoms with Gasteiger partial charge in [0.1, 0.15) is 18.1 Å². The minimum atomic E-state index is 0.0342. The van der Waals surface area contributed by atoms with Crippen LogP contribution in [0.25, 0.3) is 0 Å². The molecule has 2 aromatic carbocycles. The Morgan fingerprint density at radius 2 is 1.72 bits per heavy atom. The SMILES string of the molecule is O=C(CCc1cccc(OC2CCCC2)c1)NCc1cccc(OCc2ccccn2)c1. The third-order valence-electron chi connectivity index (χ3n) is 5.65.